The second-order valence-electron chi connectivity index (χ2n) is 5.78. The predicted molar refractivity (Wildman–Crippen MR) is 75.1 cm³/mol. The fraction of sp³-hybridized carbons (Fsp3) is 0.625. The fourth-order valence-corrected chi connectivity index (χ4v) is 2.68. The molecule has 1 aromatic rings. The molecule has 0 aliphatic carbocycles. The first-order valence-corrected chi connectivity index (χ1v) is 7.43. The van der Waals surface area contributed by atoms with Crippen LogP contribution in [0.2, 0.25) is 0 Å². The number of hydrogen-bond acceptors (Lipinski definition) is 4. The van der Waals surface area contributed by atoms with Crippen molar-refractivity contribution in [1.82, 2.24) is 0 Å². The Morgan fingerprint density at radius 3 is 2.70 bits per heavy atom. The Morgan fingerprint density at radius 2 is 1.95 bits per heavy atom. The minimum Gasteiger partial charge on any atom is -0.489 e. The highest BCUT2D eigenvalue weighted by Gasteiger charge is 2.25. The van der Waals surface area contributed by atoms with Crippen molar-refractivity contribution in [1.29, 1.82) is 0 Å². The molecule has 20 heavy (non-hydrogen) atoms. The molecule has 4 heteroatoms. The number of benzene rings is 1. The van der Waals surface area contributed by atoms with E-state index in [4.69, 9.17) is 14.2 Å². The monoisotopic (exact) mass is 278 g/mol. The molecule has 2 aliphatic rings. The van der Waals surface area contributed by atoms with E-state index in [9.17, 15) is 5.11 Å². The van der Waals surface area contributed by atoms with Gasteiger partial charge in [-0.05, 0) is 37.0 Å². The predicted octanol–water partition coefficient (Wildman–Crippen LogP) is 2.70. The lowest BCUT2D eigenvalue weighted by Crippen LogP contribution is -2.26. The van der Waals surface area contributed by atoms with Crippen molar-refractivity contribution < 1.29 is 19.3 Å². The van der Waals surface area contributed by atoms with Crippen molar-refractivity contribution >= 4 is 0 Å². The Hall–Kier alpha value is -1.26. The topological polar surface area (TPSA) is 47.9 Å². The Labute approximate surface area is 119 Å². The molecule has 1 N–H and O–H groups in total. The van der Waals surface area contributed by atoms with Crippen LogP contribution in [0.5, 0.6) is 11.5 Å². The molecule has 2 heterocycles. The summed E-state index contributed by atoms with van der Waals surface area (Å²) in [6.07, 6.45) is 2.41. The molecule has 3 rings (SSSR count). The fourth-order valence-electron chi connectivity index (χ4n) is 2.68. The van der Waals surface area contributed by atoms with Crippen molar-refractivity contribution in [3.8, 4) is 11.5 Å². The number of aliphatic hydroxyl groups excluding tert-OH is 1. The molecule has 0 amide bonds. The molecule has 3 atom stereocenters. The van der Waals surface area contributed by atoms with Crippen LogP contribution in [0.3, 0.4) is 0 Å². The number of rotatable bonds is 2. The van der Waals surface area contributed by atoms with Gasteiger partial charge in [-0.15, -0.1) is 0 Å². The maximum atomic E-state index is 10.4. The Balaban J connectivity index is 1.77. The first-order chi connectivity index (χ1) is 9.74. The summed E-state index contributed by atoms with van der Waals surface area (Å²) in [7, 11) is 0. The van der Waals surface area contributed by atoms with Crippen LogP contribution in [-0.2, 0) is 4.74 Å². The average molecular weight is 278 g/mol. The molecule has 0 spiro atoms. The third-order valence-corrected chi connectivity index (χ3v) is 3.92. The zero-order valence-electron chi connectivity index (χ0n) is 11.9. The summed E-state index contributed by atoms with van der Waals surface area (Å²) >= 11 is 0. The first kappa shape index (κ1) is 13.7. The van der Waals surface area contributed by atoms with E-state index in [1.807, 2.05) is 18.2 Å². The molecule has 1 aromatic carbocycles. The van der Waals surface area contributed by atoms with Crippen LogP contribution in [0.1, 0.15) is 37.9 Å². The lowest BCUT2D eigenvalue weighted by molar-refractivity contribution is -0.0634. The Kier molecular flexibility index (Phi) is 4.13. The van der Waals surface area contributed by atoms with Crippen molar-refractivity contribution in [2.24, 2.45) is 5.92 Å². The van der Waals surface area contributed by atoms with Crippen molar-refractivity contribution in [2.45, 2.75) is 38.4 Å². The standard InChI is InChI=1S/C16H22O4/c1-11-9-19-13-6-5-12(8-15(13)20-10-11)16(17)14-4-2-3-7-18-14/h5-6,8,11,14,16-17H,2-4,7,9-10H2,1H3. The number of ether oxygens (including phenoxy) is 3. The summed E-state index contributed by atoms with van der Waals surface area (Å²) < 4.78 is 17.1. The summed E-state index contributed by atoms with van der Waals surface area (Å²) in [5.74, 6) is 1.86. The molecule has 1 fully saturated rings. The van der Waals surface area contributed by atoms with Crippen LogP contribution >= 0.6 is 0 Å². The zero-order chi connectivity index (χ0) is 13.9. The van der Waals surface area contributed by atoms with Gasteiger partial charge < -0.3 is 19.3 Å². The Morgan fingerprint density at radius 1 is 1.15 bits per heavy atom. The van der Waals surface area contributed by atoms with Crippen LogP contribution in [-0.4, -0.2) is 31.0 Å². The number of fused-ring (bicyclic) bond motifs is 1. The second-order valence-corrected chi connectivity index (χ2v) is 5.78. The van der Waals surface area contributed by atoms with Gasteiger partial charge >= 0.3 is 0 Å². The van der Waals surface area contributed by atoms with Crippen molar-refractivity contribution in [3.05, 3.63) is 23.8 Å². The van der Waals surface area contributed by atoms with Gasteiger partial charge in [-0.3, -0.25) is 0 Å². The van der Waals surface area contributed by atoms with Crippen LogP contribution < -0.4 is 9.47 Å². The molecule has 0 radical (unpaired) electrons. The van der Waals surface area contributed by atoms with E-state index in [2.05, 4.69) is 6.92 Å². The van der Waals surface area contributed by atoms with Crippen LogP contribution in [0.25, 0.3) is 0 Å². The highest BCUT2D eigenvalue weighted by molar-refractivity contribution is 5.44. The van der Waals surface area contributed by atoms with Gasteiger partial charge in [0.1, 0.15) is 6.10 Å². The quantitative estimate of drug-likeness (QED) is 0.903. The van der Waals surface area contributed by atoms with E-state index in [0.29, 0.717) is 19.1 Å². The average Bonchev–Trinajstić information content (AvgIpc) is 2.69. The Bertz CT molecular complexity index is 454. The highest BCUT2D eigenvalue weighted by Crippen LogP contribution is 2.35. The number of hydrogen-bond donors (Lipinski definition) is 1. The van der Waals surface area contributed by atoms with E-state index >= 15 is 0 Å². The zero-order valence-corrected chi connectivity index (χ0v) is 11.9. The van der Waals surface area contributed by atoms with E-state index < -0.39 is 6.10 Å². The van der Waals surface area contributed by atoms with Gasteiger partial charge in [0.05, 0.1) is 19.3 Å². The second kappa shape index (κ2) is 6.02. The third-order valence-electron chi connectivity index (χ3n) is 3.92. The summed E-state index contributed by atoms with van der Waals surface area (Å²) in [4.78, 5) is 0. The van der Waals surface area contributed by atoms with Gasteiger partial charge in [0, 0.05) is 12.5 Å². The minimum absolute atomic E-state index is 0.104. The third kappa shape index (κ3) is 2.91. The molecular weight excluding hydrogens is 256 g/mol. The SMILES string of the molecule is CC1COc2ccc(C(O)C3CCCCO3)cc2OC1. The van der Waals surface area contributed by atoms with Crippen LogP contribution in [0.15, 0.2) is 18.2 Å². The molecule has 4 nitrogen and oxygen atoms in total. The lowest BCUT2D eigenvalue weighted by Gasteiger charge is -2.27. The maximum absolute atomic E-state index is 10.4. The molecule has 3 unspecified atom stereocenters. The van der Waals surface area contributed by atoms with Gasteiger partial charge in [0.2, 0.25) is 0 Å². The van der Waals surface area contributed by atoms with Crippen molar-refractivity contribution in [2.75, 3.05) is 19.8 Å². The van der Waals surface area contributed by atoms with Gasteiger partial charge in [0.25, 0.3) is 0 Å². The van der Waals surface area contributed by atoms with E-state index in [-0.39, 0.29) is 6.10 Å². The van der Waals surface area contributed by atoms with E-state index in [1.165, 1.54) is 0 Å². The van der Waals surface area contributed by atoms with E-state index in [0.717, 1.165) is 42.9 Å². The summed E-state index contributed by atoms with van der Waals surface area (Å²) in [6, 6.07) is 5.67. The minimum atomic E-state index is -0.593. The molecule has 0 aromatic heterocycles. The molecule has 2 aliphatic heterocycles. The number of aliphatic hydroxyl groups is 1. The van der Waals surface area contributed by atoms with Crippen molar-refractivity contribution in [3.63, 3.8) is 0 Å². The largest absolute Gasteiger partial charge is 0.489 e. The maximum Gasteiger partial charge on any atom is 0.161 e. The first-order valence-electron chi connectivity index (χ1n) is 7.43. The molecule has 0 saturated carbocycles. The van der Waals surface area contributed by atoms with Gasteiger partial charge in [-0.2, -0.15) is 0 Å². The van der Waals surface area contributed by atoms with Gasteiger partial charge in [-0.1, -0.05) is 13.0 Å². The van der Waals surface area contributed by atoms with Gasteiger partial charge in [0.15, 0.2) is 11.5 Å². The van der Waals surface area contributed by atoms with Gasteiger partial charge in [-0.25, -0.2) is 0 Å². The van der Waals surface area contributed by atoms with E-state index in [1.54, 1.807) is 0 Å². The molecule has 110 valence electrons. The smallest absolute Gasteiger partial charge is 0.161 e. The molecule has 0 bridgehead atoms. The highest BCUT2D eigenvalue weighted by atomic mass is 16.5. The summed E-state index contributed by atoms with van der Waals surface area (Å²) in [5, 5.41) is 10.4. The molecular formula is C16H22O4. The normalized spacial score (nSPS) is 27.7. The van der Waals surface area contributed by atoms with Crippen LogP contribution in [0, 0.1) is 5.92 Å². The molecule has 1 saturated heterocycles. The summed E-state index contributed by atoms with van der Waals surface area (Å²) in [6.45, 7) is 4.15. The van der Waals surface area contributed by atoms with Crippen LogP contribution in [0.4, 0.5) is 0 Å². The summed E-state index contributed by atoms with van der Waals surface area (Å²) in [5.41, 5.74) is 0.841. The lowest BCUT2D eigenvalue weighted by atomic mass is 9.98.